The summed E-state index contributed by atoms with van der Waals surface area (Å²) in [6.07, 6.45) is 1.87. The van der Waals surface area contributed by atoms with Gasteiger partial charge in [-0.05, 0) is 31.0 Å². The molecule has 2 aliphatic heterocycles. The molecular weight excluding hydrogens is 339 g/mol. The molecule has 0 spiro atoms. The topological polar surface area (TPSA) is 78.7 Å². The van der Waals surface area contributed by atoms with E-state index in [1.807, 2.05) is 0 Å². The Hall–Kier alpha value is -1.50. The summed E-state index contributed by atoms with van der Waals surface area (Å²) in [6, 6.07) is 4.90. The molecule has 0 saturated carbocycles. The van der Waals surface area contributed by atoms with Gasteiger partial charge in [0.25, 0.3) is 5.91 Å². The van der Waals surface area contributed by atoms with Crippen LogP contribution in [0.15, 0.2) is 18.2 Å². The summed E-state index contributed by atoms with van der Waals surface area (Å²) in [5, 5.41) is 3.19. The molecule has 2 heterocycles. The van der Waals surface area contributed by atoms with Gasteiger partial charge in [0.15, 0.2) is 0 Å². The molecule has 0 aliphatic carbocycles. The van der Waals surface area contributed by atoms with Crippen LogP contribution in [-0.4, -0.2) is 49.1 Å². The first kappa shape index (κ1) is 17.8. The molecule has 0 bridgehead atoms. The Kier molecular flexibility index (Phi) is 5.73. The Balaban J connectivity index is 0.00000192. The van der Waals surface area contributed by atoms with Crippen LogP contribution in [0.5, 0.6) is 0 Å². The number of rotatable bonds is 2. The molecule has 23 heavy (non-hydrogen) atoms. The number of urea groups is 1. The van der Waals surface area contributed by atoms with Gasteiger partial charge in [-0.15, -0.1) is 12.4 Å². The predicted octanol–water partition coefficient (Wildman–Crippen LogP) is 1.85. The molecule has 8 heteroatoms. The number of hydrogen-bond acceptors (Lipinski definition) is 3. The average Bonchev–Trinajstić information content (AvgIpc) is 2.93. The van der Waals surface area contributed by atoms with Crippen molar-refractivity contribution in [2.45, 2.75) is 18.9 Å². The number of likely N-dealkylation sites (tertiary alicyclic amines) is 1. The van der Waals surface area contributed by atoms with E-state index in [4.69, 9.17) is 17.3 Å². The number of nitrogens with zero attached hydrogens (tertiary/aromatic N) is 2. The molecule has 2 fully saturated rings. The number of nitrogens with two attached hydrogens (primary N) is 1. The fourth-order valence-electron chi connectivity index (χ4n) is 2.93. The number of carbonyl (C=O) groups is 2. The van der Waals surface area contributed by atoms with E-state index in [0.717, 1.165) is 12.8 Å². The van der Waals surface area contributed by atoms with E-state index in [1.54, 1.807) is 28.0 Å². The summed E-state index contributed by atoms with van der Waals surface area (Å²) in [5.74, 6) is -0.0623. The van der Waals surface area contributed by atoms with Crippen molar-refractivity contribution >= 4 is 41.6 Å². The quantitative estimate of drug-likeness (QED) is 0.846. The number of carbonyl (C=O) groups excluding carboxylic acids is 2. The minimum Gasteiger partial charge on any atom is -0.337 e. The number of halogens is 2. The highest BCUT2D eigenvalue weighted by Crippen LogP contribution is 2.29. The van der Waals surface area contributed by atoms with Gasteiger partial charge in [0, 0.05) is 37.8 Å². The lowest BCUT2D eigenvalue weighted by Gasteiger charge is -2.31. The Morgan fingerprint density at radius 1 is 1.35 bits per heavy atom. The molecule has 126 valence electrons. The Morgan fingerprint density at radius 3 is 2.78 bits per heavy atom. The van der Waals surface area contributed by atoms with Crippen molar-refractivity contribution in [3.63, 3.8) is 0 Å². The molecule has 0 radical (unpaired) electrons. The highest BCUT2D eigenvalue weighted by Gasteiger charge is 2.26. The van der Waals surface area contributed by atoms with E-state index in [-0.39, 0.29) is 30.4 Å². The lowest BCUT2D eigenvalue weighted by atomic mass is 10.0. The van der Waals surface area contributed by atoms with Crippen molar-refractivity contribution in [2.24, 2.45) is 5.73 Å². The van der Waals surface area contributed by atoms with Crippen LogP contribution in [-0.2, 0) is 0 Å². The van der Waals surface area contributed by atoms with Gasteiger partial charge in [-0.2, -0.15) is 0 Å². The summed E-state index contributed by atoms with van der Waals surface area (Å²) < 4.78 is 0. The van der Waals surface area contributed by atoms with E-state index in [1.165, 1.54) is 0 Å². The number of benzene rings is 1. The SMILES string of the molecule is Cl.NC1CCCN(C(=O)c2ccc(Cl)c(N3CCNC3=O)c2)C1. The fourth-order valence-corrected chi connectivity index (χ4v) is 3.15. The molecule has 1 atom stereocenters. The minimum absolute atomic E-state index is 0. The van der Waals surface area contributed by atoms with Crippen molar-refractivity contribution in [3.8, 4) is 0 Å². The monoisotopic (exact) mass is 358 g/mol. The zero-order chi connectivity index (χ0) is 15.7. The Labute approximate surface area is 146 Å². The van der Waals surface area contributed by atoms with Gasteiger partial charge >= 0.3 is 6.03 Å². The molecule has 1 aromatic rings. The molecule has 3 amide bonds. The van der Waals surface area contributed by atoms with Gasteiger partial charge in [0.1, 0.15) is 0 Å². The lowest BCUT2D eigenvalue weighted by molar-refractivity contribution is 0.0709. The molecule has 1 aromatic carbocycles. The van der Waals surface area contributed by atoms with Crippen LogP contribution < -0.4 is 16.0 Å². The van der Waals surface area contributed by atoms with Crippen molar-refractivity contribution in [1.82, 2.24) is 10.2 Å². The van der Waals surface area contributed by atoms with Crippen LogP contribution in [0.2, 0.25) is 5.02 Å². The molecular formula is C15H20Cl2N4O2. The van der Waals surface area contributed by atoms with Crippen LogP contribution in [0.4, 0.5) is 10.5 Å². The van der Waals surface area contributed by atoms with Crippen LogP contribution in [0.3, 0.4) is 0 Å². The van der Waals surface area contributed by atoms with Gasteiger partial charge in [-0.25, -0.2) is 4.79 Å². The second-order valence-corrected chi connectivity index (χ2v) is 6.11. The smallest absolute Gasteiger partial charge is 0.322 e. The van der Waals surface area contributed by atoms with Gasteiger partial charge < -0.3 is 16.0 Å². The van der Waals surface area contributed by atoms with Crippen LogP contribution >= 0.6 is 24.0 Å². The van der Waals surface area contributed by atoms with Crippen molar-refractivity contribution in [1.29, 1.82) is 0 Å². The summed E-state index contributed by atoms with van der Waals surface area (Å²) in [7, 11) is 0. The third-order valence-corrected chi connectivity index (χ3v) is 4.41. The van der Waals surface area contributed by atoms with Gasteiger partial charge in [0.2, 0.25) is 0 Å². The average molecular weight is 359 g/mol. The minimum atomic E-state index is -0.188. The molecule has 2 aliphatic rings. The first-order valence-corrected chi connectivity index (χ1v) is 7.84. The molecule has 1 unspecified atom stereocenters. The maximum absolute atomic E-state index is 12.6. The van der Waals surface area contributed by atoms with Gasteiger partial charge in [-0.1, -0.05) is 11.6 Å². The van der Waals surface area contributed by atoms with Gasteiger partial charge in [-0.3, -0.25) is 9.69 Å². The normalized spacial score (nSPS) is 21.0. The summed E-state index contributed by atoms with van der Waals surface area (Å²) in [6.45, 7) is 2.41. The van der Waals surface area contributed by atoms with Crippen molar-refractivity contribution in [3.05, 3.63) is 28.8 Å². The van der Waals surface area contributed by atoms with E-state index >= 15 is 0 Å². The first-order chi connectivity index (χ1) is 10.6. The largest absolute Gasteiger partial charge is 0.337 e. The maximum atomic E-state index is 12.6. The van der Waals surface area contributed by atoms with E-state index < -0.39 is 0 Å². The fraction of sp³-hybridized carbons (Fsp3) is 0.467. The van der Waals surface area contributed by atoms with Crippen LogP contribution in [0, 0.1) is 0 Å². The number of anilines is 1. The van der Waals surface area contributed by atoms with E-state index in [9.17, 15) is 9.59 Å². The zero-order valence-electron chi connectivity index (χ0n) is 12.6. The Bertz CT molecular complexity index is 611. The second-order valence-electron chi connectivity index (χ2n) is 5.70. The lowest BCUT2D eigenvalue weighted by Crippen LogP contribution is -2.45. The highest BCUT2D eigenvalue weighted by atomic mass is 35.5. The highest BCUT2D eigenvalue weighted by molar-refractivity contribution is 6.34. The predicted molar refractivity (Wildman–Crippen MR) is 92.6 cm³/mol. The van der Waals surface area contributed by atoms with Crippen LogP contribution in [0.25, 0.3) is 0 Å². The molecule has 6 nitrogen and oxygen atoms in total. The number of amides is 3. The summed E-state index contributed by atoms with van der Waals surface area (Å²) >= 11 is 6.19. The van der Waals surface area contributed by atoms with Crippen LogP contribution in [0.1, 0.15) is 23.2 Å². The van der Waals surface area contributed by atoms with Gasteiger partial charge in [0.05, 0.1) is 10.7 Å². The summed E-state index contributed by atoms with van der Waals surface area (Å²) in [5.41, 5.74) is 7.04. The number of piperidine rings is 1. The molecule has 3 N–H and O–H groups in total. The molecule has 0 aromatic heterocycles. The van der Waals surface area contributed by atoms with Crippen molar-refractivity contribution in [2.75, 3.05) is 31.1 Å². The zero-order valence-corrected chi connectivity index (χ0v) is 14.2. The standard InChI is InChI=1S/C15H19ClN4O2.ClH/c16-12-4-3-10(8-13(12)20-7-5-18-15(20)22)14(21)19-6-1-2-11(17)9-19;/h3-4,8,11H,1-2,5-7,9,17H2,(H,18,22);1H. The van der Waals surface area contributed by atoms with E-state index in [0.29, 0.717) is 42.5 Å². The summed E-state index contributed by atoms with van der Waals surface area (Å²) in [4.78, 5) is 27.7. The molecule has 3 rings (SSSR count). The third kappa shape index (κ3) is 3.71. The van der Waals surface area contributed by atoms with Crippen molar-refractivity contribution < 1.29 is 9.59 Å². The number of nitrogens with one attached hydrogen (secondary N) is 1. The Morgan fingerprint density at radius 2 is 2.13 bits per heavy atom. The first-order valence-electron chi connectivity index (χ1n) is 7.46. The second kappa shape index (κ2) is 7.38. The van der Waals surface area contributed by atoms with E-state index in [2.05, 4.69) is 5.32 Å². The third-order valence-electron chi connectivity index (χ3n) is 4.09. The number of hydrogen-bond donors (Lipinski definition) is 2. The molecule has 2 saturated heterocycles. The maximum Gasteiger partial charge on any atom is 0.322 e.